The van der Waals surface area contributed by atoms with Crippen LogP contribution >= 0.6 is 0 Å². The molecule has 6 heteroatoms. The smallest absolute Gasteiger partial charge is 0.225 e. The lowest BCUT2D eigenvalue weighted by Crippen LogP contribution is -2.50. The molecule has 132 valence electrons. The minimum Gasteiger partial charge on any atom is -0.352 e. The van der Waals surface area contributed by atoms with Crippen molar-refractivity contribution in [3.05, 3.63) is 36.5 Å². The first-order valence-electron chi connectivity index (χ1n) is 9.01. The Hall–Kier alpha value is -2.50. The molecule has 0 unspecified atom stereocenters. The Labute approximate surface area is 148 Å². The third kappa shape index (κ3) is 3.95. The third-order valence-corrected chi connectivity index (χ3v) is 4.83. The second-order valence-electron chi connectivity index (χ2n) is 6.32. The second kappa shape index (κ2) is 8.05. The van der Waals surface area contributed by atoms with Gasteiger partial charge in [-0.15, -0.1) is 10.2 Å². The van der Waals surface area contributed by atoms with Crippen molar-refractivity contribution in [1.82, 2.24) is 20.1 Å². The Morgan fingerprint density at radius 3 is 2.32 bits per heavy atom. The average Bonchev–Trinajstić information content (AvgIpc) is 2.70. The molecule has 0 spiro atoms. The Bertz CT molecular complexity index is 677. The van der Waals surface area contributed by atoms with Crippen LogP contribution in [0.4, 0.5) is 5.82 Å². The standard InChI is InChI=1S/C19H25N5O/c1-3-15(4-2)19(25)24-13-11-23(12-14-24)18-9-8-17(21-22-18)16-7-5-6-10-20-16/h5-10,15H,3-4,11-14H2,1-2H3. The molecular formula is C19H25N5O. The monoisotopic (exact) mass is 339 g/mol. The van der Waals surface area contributed by atoms with E-state index in [1.807, 2.05) is 35.2 Å². The topological polar surface area (TPSA) is 62.2 Å². The van der Waals surface area contributed by atoms with Gasteiger partial charge < -0.3 is 9.80 Å². The number of hydrogen-bond acceptors (Lipinski definition) is 5. The fourth-order valence-corrected chi connectivity index (χ4v) is 3.20. The Morgan fingerprint density at radius 2 is 1.76 bits per heavy atom. The maximum atomic E-state index is 12.5. The van der Waals surface area contributed by atoms with E-state index in [1.54, 1.807) is 6.20 Å². The van der Waals surface area contributed by atoms with Gasteiger partial charge in [0.2, 0.25) is 5.91 Å². The molecule has 3 rings (SSSR count). The first kappa shape index (κ1) is 17.3. The lowest BCUT2D eigenvalue weighted by Gasteiger charge is -2.36. The zero-order valence-electron chi connectivity index (χ0n) is 14.9. The SMILES string of the molecule is CCC(CC)C(=O)N1CCN(c2ccc(-c3ccccn3)nn2)CC1. The Morgan fingerprint density at radius 1 is 1.00 bits per heavy atom. The summed E-state index contributed by atoms with van der Waals surface area (Å²) in [6.45, 7) is 7.26. The predicted molar refractivity (Wildman–Crippen MR) is 98.1 cm³/mol. The number of aromatic nitrogens is 3. The van der Waals surface area contributed by atoms with Crippen molar-refractivity contribution in [2.75, 3.05) is 31.1 Å². The minimum absolute atomic E-state index is 0.156. The van der Waals surface area contributed by atoms with E-state index < -0.39 is 0 Å². The van der Waals surface area contributed by atoms with Gasteiger partial charge in [0.05, 0.1) is 5.69 Å². The van der Waals surface area contributed by atoms with Gasteiger partial charge in [0.1, 0.15) is 5.69 Å². The predicted octanol–water partition coefficient (Wildman–Crippen LogP) is 2.62. The van der Waals surface area contributed by atoms with E-state index in [1.165, 1.54) is 0 Å². The number of carbonyl (C=O) groups is 1. The molecule has 25 heavy (non-hydrogen) atoms. The van der Waals surface area contributed by atoms with Gasteiger partial charge in [0, 0.05) is 38.3 Å². The highest BCUT2D eigenvalue weighted by Crippen LogP contribution is 2.19. The van der Waals surface area contributed by atoms with Crippen molar-refractivity contribution in [2.45, 2.75) is 26.7 Å². The molecule has 1 aliphatic heterocycles. The summed E-state index contributed by atoms with van der Waals surface area (Å²) < 4.78 is 0. The average molecular weight is 339 g/mol. The van der Waals surface area contributed by atoms with Crippen LogP contribution in [0.2, 0.25) is 0 Å². The highest BCUT2D eigenvalue weighted by atomic mass is 16.2. The van der Waals surface area contributed by atoms with Gasteiger partial charge in [-0.1, -0.05) is 19.9 Å². The van der Waals surface area contributed by atoms with Crippen molar-refractivity contribution >= 4 is 11.7 Å². The zero-order valence-corrected chi connectivity index (χ0v) is 14.9. The van der Waals surface area contributed by atoms with E-state index >= 15 is 0 Å². The summed E-state index contributed by atoms with van der Waals surface area (Å²) in [5.74, 6) is 1.31. The molecule has 6 nitrogen and oxygen atoms in total. The number of amides is 1. The van der Waals surface area contributed by atoms with Crippen LogP contribution in [0.3, 0.4) is 0 Å². The molecule has 1 amide bonds. The molecule has 3 heterocycles. The number of piperazine rings is 1. The first-order valence-corrected chi connectivity index (χ1v) is 9.01. The lowest BCUT2D eigenvalue weighted by atomic mass is 10.0. The molecule has 0 N–H and O–H groups in total. The van der Waals surface area contributed by atoms with Crippen LogP contribution < -0.4 is 4.90 Å². The van der Waals surface area contributed by atoms with Crippen molar-refractivity contribution in [3.63, 3.8) is 0 Å². The zero-order chi connectivity index (χ0) is 17.6. The van der Waals surface area contributed by atoms with Crippen molar-refractivity contribution < 1.29 is 4.79 Å². The number of nitrogens with zero attached hydrogens (tertiary/aromatic N) is 5. The largest absolute Gasteiger partial charge is 0.352 e. The van der Waals surface area contributed by atoms with Gasteiger partial charge in [-0.3, -0.25) is 9.78 Å². The minimum atomic E-state index is 0.156. The van der Waals surface area contributed by atoms with Crippen LogP contribution in [0.5, 0.6) is 0 Å². The van der Waals surface area contributed by atoms with Crippen LogP contribution in [-0.4, -0.2) is 52.2 Å². The van der Waals surface area contributed by atoms with Gasteiger partial charge in [-0.2, -0.15) is 0 Å². The number of hydrogen-bond donors (Lipinski definition) is 0. The molecule has 0 aromatic carbocycles. The first-order chi connectivity index (χ1) is 12.2. The quantitative estimate of drug-likeness (QED) is 0.838. The maximum Gasteiger partial charge on any atom is 0.225 e. The number of pyridine rings is 1. The number of carbonyl (C=O) groups excluding carboxylic acids is 1. The van der Waals surface area contributed by atoms with Crippen LogP contribution in [-0.2, 0) is 4.79 Å². The Balaban J connectivity index is 1.61. The normalized spacial score (nSPS) is 14.8. The number of anilines is 1. The van der Waals surface area contributed by atoms with Crippen LogP contribution in [0, 0.1) is 5.92 Å². The molecule has 0 saturated carbocycles. The fourth-order valence-electron chi connectivity index (χ4n) is 3.20. The maximum absolute atomic E-state index is 12.5. The van der Waals surface area contributed by atoms with Crippen LogP contribution in [0.15, 0.2) is 36.5 Å². The second-order valence-corrected chi connectivity index (χ2v) is 6.32. The molecule has 2 aromatic rings. The van der Waals surface area contributed by atoms with E-state index in [0.717, 1.165) is 56.2 Å². The van der Waals surface area contributed by atoms with Crippen LogP contribution in [0.25, 0.3) is 11.4 Å². The van der Waals surface area contributed by atoms with Crippen molar-refractivity contribution in [3.8, 4) is 11.4 Å². The summed E-state index contributed by atoms with van der Waals surface area (Å²) in [5, 5.41) is 8.65. The van der Waals surface area contributed by atoms with Gasteiger partial charge in [-0.05, 0) is 37.1 Å². The molecular weight excluding hydrogens is 314 g/mol. The molecule has 2 aromatic heterocycles. The van der Waals surface area contributed by atoms with Crippen molar-refractivity contribution in [2.24, 2.45) is 5.92 Å². The molecule has 0 bridgehead atoms. The third-order valence-electron chi connectivity index (χ3n) is 4.83. The summed E-state index contributed by atoms with van der Waals surface area (Å²) >= 11 is 0. The van der Waals surface area contributed by atoms with Gasteiger partial charge >= 0.3 is 0 Å². The van der Waals surface area contributed by atoms with Crippen LogP contribution in [0.1, 0.15) is 26.7 Å². The number of rotatable bonds is 5. The molecule has 0 atom stereocenters. The fraction of sp³-hybridized carbons (Fsp3) is 0.474. The highest BCUT2D eigenvalue weighted by Gasteiger charge is 2.26. The molecule has 0 radical (unpaired) electrons. The van der Waals surface area contributed by atoms with Crippen molar-refractivity contribution in [1.29, 1.82) is 0 Å². The lowest BCUT2D eigenvalue weighted by molar-refractivity contribution is -0.136. The molecule has 1 aliphatic rings. The molecule has 1 fully saturated rings. The van der Waals surface area contributed by atoms with E-state index in [9.17, 15) is 4.79 Å². The summed E-state index contributed by atoms with van der Waals surface area (Å²) in [6.07, 6.45) is 3.58. The molecule has 1 saturated heterocycles. The summed E-state index contributed by atoms with van der Waals surface area (Å²) in [6, 6.07) is 9.68. The van der Waals surface area contributed by atoms with Gasteiger partial charge in [0.25, 0.3) is 0 Å². The summed E-state index contributed by atoms with van der Waals surface area (Å²) in [4.78, 5) is 20.9. The summed E-state index contributed by atoms with van der Waals surface area (Å²) in [5.41, 5.74) is 1.59. The van der Waals surface area contributed by atoms with E-state index in [-0.39, 0.29) is 5.92 Å². The van der Waals surface area contributed by atoms with Gasteiger partial charge in [-0.25, -0.2) is 0 Å². The Kier molecular flexibility index (Phi) is 5.58. The van der Waals surface area contributed by atoms with E-state index in [0.29, 0.717) is 5.91 Å². The van der Waals surface area contributed by atoms with E-state index in [2.05, 4.69) is 33.9 Å². The van der Waals surface area contributed by atoms with E-state index in [4.69, 9.17) is 0 Å². The highest BCUT2D eigenvalue weighted by molar-refractivity contribution is 5.79. The van der Waals surface area contributed by atoms with Gasteiger partial charge in [0.15, 0.2) is 5.82 Å². The molecule has 0 aliphatic carbocycles. The summed E-state index contributed by atoms with van der Waals surface area (Å²) in [7, 11) is 0.